The van der Waals surface area contributed by atoms with Crippen LogP contribution in [0.3, 0.4) is 0 Å². The molecule has 1 aliphatic heterocycles. The predicted molar refractivity (Wildman–Crippen MR) is 98.1 cm³/mol. The number of hydrogen-bond acceptors (Lipinski definition) is 5. The van der Waals surface area contributed by atoms with Crippen molar-refractivity contribution < 1.29 is 9.32 Å². The molecule has 0 radical (unpaired) electrons. The summed E-state index contributed by atoms with van der Waals surface area (Å²) in [5, 5.41) is 6.93. The number of nitrogens with zero attached hydrogens (tertiary/aromatic N) is 3. The first-order valence-electron chi connectivity index (χ1n) is 8.58. The largest absolute Gasteiger partial charge is 0.348 e. The number of hydrogen-bond donors (Lipinski definition) is 1. The Hall–Kier alpha value is -1.73. The lowest BCUT2D eigenvalue weighted by atomic mass is 9.97. The number of nitrogens with one attached hydrogen (secondary N) is 1. The maximum absolute atomic E-state index is 12.3. The minimum absolute atomic E-state index is 0.000456. The molecular weight excluding hydrogens is 384 g/mol. The van der Waals surface area contributed by atoms with Crippen LogP contribution >= 0.6 is 15.9 Å². The lowest BCUT2D eigenvalue weighted by Crippen LogP contribution is -2.41. The zero-order chi connectivity index (χ0) is 17.8. The van der Waals surface area contributed by atoms with Crippen molar-refractivity contribution in [2.45, 2.75) is 38.6 Å². The molecule has 134 valence electrons. The number of piperidine rings is 1. The molecule has 1 saturated heterocycles. The van der Waals surface area contributed by atoms with Gasteiger partial charge in [-0.25, -0.2) is 0 Å². The third-order valence-electron chi connectivity index (χ3n) is 4.59. The lowest BCUT2D eigenvalue weighted by Gasteiger charge is -2.30. The van der Waals surface area contributed by atoms with Crippen molar-refractivity contribution in [3.05, 3.63) is 46.0 Å². The molecule has 1 aromatic heterocycles. The second kappa shape index (κ2) is 8.10. The monoisotopic (exact) mass is 406 g/mol. The van der Waals surface area contributed by atoms with E-state index in [2.05, 4.69) is 36.3 Å². The summed E-state index contributed by atoms with van der Waals surface area (Å²) in [7, 11) is 0. The Morgan fingerprint density at radius 3 is 2.64 bits per heavy atom. The normalized spacial score (nSPS) is 17.4. The topological polar surface area (TPSA) is 71.3 Å². The predicted octanol–water partition coefficient (Wildman–Crippen LogP) is 3.20. The second-order valence-electron chi connectivity index (χ2n) is 6.57. The van der Waals surface area contributed by atoms with Gasteiger partial charge in [-0.3, -0.25) is 9.69 Å². The zero-order valence-corrected chi connectivity index (χ0v) is 16.1. The maximum Gasteiger partial charge on any atom is 0.234 e. The summed E-state index contributed by atoms with van der Waals surface area (Å²) in [5.41, 5.74) is 1.10. The maximum atomic E-state index is 12.3. The third-order valence-corrected chi connectivity index (χ3v) is 5.12. The Kier molecular flexibility index (Phi) is 5.86. The summed E-state index contributed by atoms with van der Waals surface area (Å²) in [5.74, 6) is 1.77. The quantitative estimate of drug-likeness (QED) is 0.825. The minimum Gasteiger partial charge on any atom is -0.348 e. The number of carbonyl (C=O) groups excluding carboxylic acids is 1. The smallest absolute Gasteiger partial charge is 0.234 e. The molecule has 3 rings (SSSR count). The minimum atomic E-state index is -0.000456. The van der Waals surface area contributed by atoms with Gasteiger partial charge in [0.05, 0.1) is 12.6 Å². The summed E-state index contributed by atoms with van der Waals surface area (Å²) in [4.78, 5) is 18.8. The van der Waals surface area contributed by atoms with Crippen LogP contribution in [0.25, 0.3) is 0 Å². The van der Waals surface area contributed by atoms with Gasteiger partial charge in [-0.15, -0.1) is 0 Å². The van der Waals surface area contributed by atoms with Gasteiger partial charge >= 0.3 is 0 Å². The van der Waals surface area contributed by atoms with Crippen molar-refractivity contribution >= 4 is 21.8 Å². The first kappa shape index (κ1) is 18.1. The average Bonchev–Trinajstić information content (AvgIpc) is 3.02. The first-order valence-corrected chi connectivity index (χ1v) is 9.38. The molecule has 1 N–H and O–H groups in total. The van der Waals surface area contributed by atoms with E-state index < -0.39 is 0 Å². The first-order chi connectivity index (χ1) is 12.0. The fourth-order valence-corrected chi connectivity index (χ4v) is 3.41. The lowest BCUT2D eigenvalue weighted by molar-refractivity contribution is -0.123. The van der Waals surface area contributed by atoms with Crippen LogP contribution in [0.15, 0.2) is 33.3 Å². The van der Waals surface area contributed by atoms with E-state index in [4.69, 9.17) is 4.52 Å². The Morgan fingerprint density at radius 2 is 2.04 bits per heavy atom. The summed E-state index contributed by atoms with van der Waals surface area (Å²) in [6.07, 6.45) is 1.88. The highest BCUT2D eigenvalue weighted by molar-refractivity contribution is 9.10. The van der Waals surface area contributed by atoms with Crippen LogP contribution in [0.4, 0.5) is 0 Å². The SMILES string of the molecule is Cc1noc(C2CCN(CC(=O)NC(C)c3ccc(Br)cc3)CC2)n1. The van der Waals surface area contributed by atoms with Crippen molar-refractivity contribution in [2.75, 3.05) is 19.6 Å². The molecule has 1 amide bonds. The van der Waals surface area contributed by atoms with Crippen molar-refractivity contribution in [3.8, 4) is 0 Å². The molecule has 0 spiro atoms. The van der Waals surface area contributed by atoms with Crippen molar-refractivity contribution in [2.24, 2.45) is 0 Å². The van der Waals surface area contributed by atoms with Gasteiger partial charge in [-0.05, 0) is 57.5 Å². The van der Waals surface area contributed by atoms with Crippen LogP contribution < -0.4 is 5.32 Å². The van der Waals surface area contributed by atoms with Gasteiger partial charge in [0.15, 0.2) is 5.82 Å². The molecule has 0 aliphatic carbocycles. The number of halogens is 1. The van der Waals surface area contributed by atoms with E-state index in [1.807, 2.05) is 38.1 Å². The van der Waals surface area contributed by atoms with E-state index in [1.165, 1.54) is 0 Å². The van der Waals surface area contributed by atoms with E-state index in [-0.39, 0.29) is 11.9 Å². The standard InChI is InChI=1S/C18H23BrN4O2/c1-12(14-3-5-16(19)6-4-14)20-17(24)11-23-9-7-15(8-10-23)18-21-13(2)22-25-18/h3-6,12,15H,7-11H2,1-2H3,(H,20,24). The number of amides is 1. The fraction of sp³-hybridized carbons (Fsp3) is 0.500. The van der Waals surface area contributed by atoms with E-state index in [0.717, 1.165) is 41.9 Å². The van der Waals surface area contributed by atoms with Crippen LogP contribution in [0.2, 0.25) is 0 Å². The van der Waals surface area contributed by atoms with Gasteiger partial charge in [0.25, 0.3) is 0 Å². The number of aromatic nitrogens is 2. The van der Waals surface area contributed by atoms with Crippen molar-refractivity contribution in [3.63, 3.8) is 0 Å². The second-order valence-corrected chi connectivity index (χ2v) is 7.49. The van der Waals surface area contributed by atoms with Crippen LogP contribution in [-0.4, -0.2) is 40.6 Å². The highest BCUT2D eigenvalue weighted by Crippen LogP contribution is 2.26. The van der Waals surface area contributed by atoms with Crippen molar-refractivity contribution in [1.82, 2.24) is 20.4 Å². The number of benzene rings is 1. The number of likely N-dealkylation sites (tertiary alicyclic amines) is 1. The summed E-state index contributed by atoms with van der Waals surface area (Å²) in [6.45, 7) is 6.00. The Balaban J connectivity index is 1.45. The summed E-state index contributed by atoms with van der Waals surface area (Å²) >= 11 is 3.43. The number of aryl methyl sites for hydroxylation is 1. The Morgan fingerprint density at radius 1 is 1.36 bits per heavy atom. The molecule has 0 saturated carbocycles. The highest BCUT2D eigenvalue weighted by atomic mass is 79.9. The van der Waals surface area contributed by atoms with Gasteiger partial charge in [0.1, 0.15) is 0 Å². The Labute approximate surface area is 156 Å². The molecule has 6 nitrogen and oxygen atoms in total. The molecule has 1 aliphatic rings. The van der Waals surface area contributed by atoms with Gasteiger partial charge in [0, 0.05) is 10.4 Å². The summed E-state index contributed by atoms with van der Waals surface area (Å²) < 4.78 is 6.30. The molecule has 25 heavy (non-hydrogen) atoms. The van der Waals surface area contributed by atoms with Crippen LogP contribution in [0.1, 0.15) is 49.0 Å². The van der Waals surface area contributed by atoms with Crippen LogP contribution in [0.5, 0.6) is 0 Å². The van der Waals surface area contributed by atoms with E-state index in [0.29, 0.717) is 18.3 Å². The highest BCUT2D eigenvalue weighted by Gasteiger charge is 2.26. The Bertz CT molecular complexity index is 708. The van der Waals surface area contributed by atoms with E-state index >= 15 is 0 Å². The molecule has 1 fully saturated rings. The molecule has 1 aromatic carbocycles. The van der Waals surface area contributed by atoms with Gasteiger partial charge in [-0.2, -0.15) is 4.98 Å². The number of rotatable bonds is 5. The van der Waals surface area contributed by atoms with E-state index in [9.17, 15) is 4.79 Å². The molecule has 1 atom stereocenters. The molecular formula is C18H23BrN4O2. The fourth-order valence-electron chi connectivity index (χ4n) is 3.14. The average molecular weight is 407 g/mol. The van der Waals surface area contributed by atoms with Gasteiger partial charge in [-0.1, -0.05) is 33.2 Å². The van der Waals surface area contributed by atoms with Gasteiger partial charge in [0.2, 0.25) is 11.8 Å². The molecule has 2 aromatic rings. The van der Waals surface area contributed by atoms with Crippen LogP contribution in [0, 0.1) is 6.92 Å². The van der Waals surface area contributed by atoms with E-state index in [1.54, 1.807) is 0 Å². The number of carbonyl (C=O) groups is 1. The molecule has 0 bridgehead atoms. The summed E-state index contributed by atoms with van der Waals surface area (Å²) in [6, 6.07) is 8.02. The van der Waals surface area contributed by atoms with Crippen LogP contribution in [-0.2, 0) is 4.79 Å². The third kappa shape index (κ3) is 4.89. The van der Waals surface area contributed by atoms with Gasteiger partial charge < -0.3 is 9.84 Å². The molecule has 2 heterocycles. The van der Waals surface area contributed by atoms with Crippen molar-refractivity contribution in [1.29, 1.82) is 0 Å². The molecule has 7 heteroatoms. The zero-order valence-electron chi connectivity index (χ0n) is 14.5. The molecule has 1 unspecified atom stereocenters.